The number of carbonyl (C=O) groups excluding carboxylic acids is 1. The first-order valence-electron chi connectivity index (χ1n) is 7.69. The molecule has 0 aliphatic carbocycles. The molecule has 0 radical (unpaired) electrons. The van der Waals surface area contributed by atoms with E-state index in [-0.39, 0.29) is 12.5 Å². The summed E-state index contributed by atoms with van der Waals surface area (Å²) in [6, 6.07) is 0. The molecule has 0 aliphatic rings. The van der Waals surface area contributed by atoms with Crippen molar-refractivity contribution in [2.75, 3.05) is 20.2 Å². The first-order valence-corrected chi connectivity index (χ1v) is 7.69. The van der Waals surface area contributed by atoms with Crippen LogP contribution in [0, 0.1) is 0 Å². The maximum Gasteiger partial charge on any atom is 0.246 e. The summed E-state index contributed by atoms with van der Waals surface area (Å²) < 4.78 is 0. The normalized spacial score (nSPS) is 12.3. The fraction of sp³-hybridized carbons (Fsp3) is 0.611. The van der Waals surface area contributed by atoms with Crippen LogP contribution in [0.15, 0.2) is 34.9 Å². The van der Waals surface area contributed by atoms with Crippen LogP contribution in [0.1, 0.15) is 53.4 Å². The van der Waals surface area contributed by atoms with E-state index < -0.39 is 0 Å². The lowest BCUT2D eigenvalue weighted by atomic mass is 10.1. The molecule has 0 bridgehead atoms. The fourth-order valence-electron chi connectivity index (χ4n) is 1.89. The van der Waals surface area contributed by atoms with Gasteiger partial charge >= 0.3 is 0 Å². The Hall–Kier alpha value is -1.35. The van der Waals surface area contributed by atoms with Crippen molar-refractivity contribution in [2.24, 2.45) is 0 Å². The Balaban J connectivity index is 4.14. The number of nitrogens with zero attached hydrogens (tertiary/aromatic N) is 1. The van der Waals surface area contributed by atoms with Gasteiger partial charge in [-0.2, -0.15) is 0 Å². The second-order valence-corrected chi connectivity index (χ2v) is 5.88. The van der Waals surface area contributed by atoms with Crippen molar-refractivity contribution < 1.29 is 9.90 Å². The van der Waals surface area contributed by atoms with E-state index in [0.717, 1.165) is 31.3 Å². The summed E-state index contributed by atoms with van der Waals surface area (Å²) in [5, 5.41) is 8.80. The van der Waals surface area contributed by atoms with Crippen molar-refractivity contribution >= 4 is 5.91 Å². The molecule has 1 N–H and O–H groups in total. The fourth-order valence-corrected chi connectivity index (χ4v) is 1.89. The molecule has 0 fully saturated rings. The van der Waals surface area contributed by atoms with E-state index in [0.29, 0.717) is 6.54 Å². The van der Waals surface area contributed by atoms with E-state index in [1.165, 1.54) is 16.0 Å². The van der Waals surface area contributed by atoms with Gasteiger partial charge in [0.05, 0.1) is 6.61 Å². The van der Waals surface area contributed by atoms with Crippen LogP contribution in [0.3, 0.4) is 0 Å². The number of allylic oxidation sites excluding steroid dienone is 5. The number of hydrogen-bond donors (Lipinski definition) is 1. The minimum Gasteiger partial charge on any atom is -0.395 e. The number of likely N-dealkylation sites (N-methyl/N-ethyl adjacent to an activating group) is 1. The Labute approximate surface area is 130 Å². The standard InChI is InChI=1S/C18H31NO2/c1-15(2)8-6-9-16(3)10-7-11-17(4)14-18(21)19(5)12-13-20/h8,10,14,20H,6-7,9,11-13H2,1-5H3. The number of rotatable bonds is 9. The highest BCUT2D eigenvalue weighted by atomic mass is 16.3. The molecule has 0 unspecified atom stereocenters. The van der Waals surface area contributed by atoms with Gasteiger partial charge in [-0.25, -0.2) is 0 Å². The van der Waals surface area contributed by atoms with Crippen LogP contribution < -0.4 is 0 Å². The van der Waals surface area contributed by atoms with Crippen LogP contribution in [0.25, 0.3) is 0 Å². The zero-order valence-corrected chi connectivity index (χ0v) is 14.3. The monoisotopic (exact) mass is 293 g/mol. The molecular weight excluding hydrogens is 262 g/mol. The highest BCUT2D eigenvalue weighted by Crippen LogP contribution is 2.11. The average Bonchev–Trinajstić information content (AvgIpc) is 2.38. The Morgan fingerprint density at radius 1 is 1.00 bits per heavy atom. The predicted octanol–water partition coefficient (Wildman–Crippen LogP) is 3.86. The molecule has 0 saturated carbocycles. The minimum atomic E-state index is -0.0363. The van der Waals surface area contributed by atoms with E-state index >= 15 is 0 Å². The first-order chi connectivity index (χ1) is 9.86. The molecule has 21 heavy (non-hydrogen) atoms. The van der Waals surface area contributed by atoms with E-state index in [1.807, 2.05) is 6.92 Å². The van der Waals surface area contributed by atoms with Crippen molar-refractivity contribution in [1.82, 2.24) is 4.90 Å². The number of aliphatic hydroxyl groups is 1. The molecule has 0 spiro atoms. The third-order valence-corrected chi connectivity index (χ3v) is 3.30. The summed E-state index contributed by atoms with van der Waals surface area (Å²) in [7, 11) is 1.70. The molecule has 0 aromatic heterocycles. The Morgan fingerprint density at radius 2 is 1.57 bits per heavy atom. The van der Waals surface area contributed by atoms with E-state index in [9.17, 15) is 4.79 Å². The summed E-state index contributed by atoms with van der Waals surface area (Å²) in [6.07, 6.45) is 10.3. The van der Waals surface area contributed by atoms with Gasteiger partial charge < -0.3 is 10.0 Å². The smallest absolute Gasteiger partial charge is 0.246 e. The number of hydrogen-bond acceptors (Lipinski definition) is 2. The third kappa shape index (κ3) is 11.0. The topological polar surface area (TPSA) is 40.5 Å². The van der Waals surface area contributed by atoms with Crippen molar-refractivity contribution in [2.45, 2.75) is 53.4 Å². The Morgan fingerprint density at radius 3 is 2.14 bits per heavy atom. The summed E-state index contributed by atoms with van der Waals surface area (Å²) in [5.41, 5.74) is 3.86. The maximum atomic E-state index is 11.8. The maximum absolute atomic E-state index is 11.8. The van der Waals surface area contributed by atoms with E-state index in [2.05, 4.69) is 32.9 Å². The predicted molar refractivity (Wildman–Crippen MR) is 90.1 cm³/mol. The molecular formula is C18H31NO2. The molecule has 120 valence electrons. The van der Waals surface area contributed by atoms with Gasteiger partial charge in [0.15, 0.2) is 0 Å². The van der Waals surface area contributed by atoms with Gasteiger partial charge in [0.2, 0.25) is 5.91 Å². The zero-order valence-electron chi connectivity index (χ0n) is 14.3. The SMILES string of the molecule is CC(C)=CCCC(C)=CCCC(C)=CC(=O)N(C)CCO. The lowest BCUT2D eigenvalue weighted by Gasteiger charge is -2.13. The zero-order chi connectivity index (χ0) is 16.3. The van der Waals surface area contributed by atoms with Crippen LogP contribution in [-0.2, 0) is 4.79 Å². The quantitative estimate of drug-likeness (QED) is 0.518. The summed E-state index contributed by atoms with van der Waals surface area (Å²) in [6.45, 7) is 8.78. The second-order valence-electron chi connectivity index (χ2n) is 5.88. The first kappa shape index (κ1) is 19.7. The minimum absolute atomic E-state index is 0.00272. The van der Waals surface area contributed by atoms with Crippen LogP contribution in [0.2, 0.25) is 0 Å². The highest BCUT2D eigenvalue weighted by Gasteiger charge is 2.04. The third-order valence-electron chi connectivity index (χ3n) is 3.30. The molecule has 0 saturated heterocycles. The van der Waals surface area contributed by atoms with Gasteiger partial charge in [0, 0.05) is 19.7 Å². The molecule has 3 heteroatoms. The van der Waals surface area contributed by atoms with Gasteiger partial charge in [-0.05, 0) is 53.4 Å². The molecule has 0 aromatic rings. The Kier molecular flexibility index (Phi) is 10.6. The van der Waals surface area contributed by atoms with Gasteiger partial charge in [-0.3, -0.25) is 4.79 Å². The molecule has 0 heterocycles. The van der Waals surface area contributed by atoms with Crippen molar-refractivity contribution in [3.05, 3.63) is 34.9 Å². The van der Waals surface area contributed by atoms with Gasteiger partial charge in [-0.15, -0.1) is 0 Å². The second kappa shape index (κ2) is 11.3. The Bertz CT molecular complexity index is 401. The molecule has 0 aromatic carbocycles. The molecule has 0 rings (SSSR count). The van der Waals surface area contributed by atoms with Gasteiger partial charge in [0.25, 0.3) is 0 Å². The van der Waals surface area contributed by atoms with Crippen LogP contribution in [-0.4, -0.2) is 36.1 Å². The average molecular weight is 293 g/mol. The molecule has 3 nitrogen and oxygen atoms in total. The van der Waals surface area contributed by atoms with E-state index in [4.69, 9.17) is 5.11 Å². The largest absolute Gasteiger partial charge is 0.395 e. The van der Waals surface area contributed by atoms with Crippen LogP contribution >= 0.6 is 0 Å². The molecule has 0 atom stereocenters. The number of amides is 1. The highest BCUT2D eigenvalue weighted by molar-refractivity contribution is 5.88. The lowest BCUT2D eigenvalue weighted by Crippen LogP contribution is -2.27. The summed E-state index contributed by atoms with van der Waals surface area (Å²) >= 11 is 0. The van der Waals surface area contributed by atoms with Crippen molar-refractivity contribution in [3.63, 3.8) is 0 Å². The molecule has 1 amide bonds. The number of aliphatic hydroxyl groups excluding tert-OH is 1. The van der Waals surface area contributed by atoms with Crippen molar-refractivity contribution in [1.29, 1.82) is 0 Å². The summed E-state index contributed by atoms with van der Waals surface area (Å²) in [5.74, 6) is -0.0363. The van der Waals surface area contributed by atoms with Crippen LogP contribution in [0.4, 0.5) is 0 Å². The van der Waals surface area contributed by atoms with Gasteiger partial charge in [0.1, 0.15) is 0 Å². The van der Waals surface area contributed by atoms with Crippen molar-refractivity contribution in [3.8, 4) is 0 Å². The van der Waals surface area contributed by atoms with E-state index in [1.54, 1.807) is 13.1 Å². The summed E-state index contributed by atoms with van der Waals surface area (Å²) in [4.78, 5) is 13.3. The number of carbonyl (C=O) groups is 1. The van der Waals surface area contributed by atoms with Crippen LogP contribution in [0.5, 0.6) is 0 Å². The lowest BCUT2D eigenvalue weighted by molar-refractivity contribution is -0.125. The molecule has 0 aliphatic heterocycles. The van der Waals surface area contributed by atoms with Gasteiger partial charge in [-0.1, -0.05) is 28.9 Å².